The van der Waals surface area contributed by atoms with Crippen LogP contribution >= 0.6 is 0 Å². The van der Waals surface area contributed by atoms with E-state index in [0.717, 1.165) is 22.4 Å². The van der Waals surface area contributed by atoms with E-state index in [1.54, 1.807) is 0 Å². The number of aromatic nitrogens is 1. The minimum atomic E-state index is -0.131. The summed E-state index contributed by atoms with van der Waals surface area (Å²) in [5.74, 6) is 0.655. The van der Waals surface area contributed by atoms with Crippen molar-refractivity contribution in [3.8, 4) is 5.75 Å². The maximum atomic E-state index is 12.5. The monoisotopic (exact) mass is 384 g/mol. The van der Waals surface area contributed by atoms with Crippen LogP contribution in [0.15, 0.2) is 85.1 Å². The number of aryl methyl sites for hydroxylation is 1. The maximum Gasteiger partial charge on any atom is 0.257 e. The molecule has 4 rings (SSSR count). The number of carbonyl (C=O) groups is 1. The van der Waals surface area contributed by atoms with Crippen LogP contribution in [-0.2, 0) is 4.79 Å². The maximum absolute atomic E-state index is 12.5. The van der Waals surface area contributed by atoms with Gasteiger partial charge in [-0.15, -0.1) is 0 Å². The van der Waals surface area contributed by atoms with Crippen LogP contribution in [0.3, 0.4) is 0 Å². The van der Waals surface area contributed by atoms with Gasteiger partial charge in [0.2, 0.25) is 0 Å². The van der Waals surface area contributed by atoms with Crippen molar-refractivity contribution in [2.45, 2.75) is 12.8 Å². The van der Waals surface area contributed by atoms with Gasteiger partial charge in [-0.1, -0.05) is 66.7 Å². The molecule has 2 N–H and O–H groups in total. The fourth-order valence-electron chi connectivity index (χ4n) is 3.60. The molecule has 0 unspecified atom stereocenters. The van der Waals surface area contributed by atoms with Crippen molar-refractivity contribution in [1.82, 2.24) is 10.3 Å². The van der Waals surface area contributed by atoms with Crippen molar-refractivity contribution in [3.63, 3.8) is 0 Å². The standard InChI is InChI=1S/C25H24N2O2/c1-18-9-5-8-14-24(18)29-17-25(28)27-15-21(19-10-3-2-4-11-19)22-16-26-23-13-7-6-12-20(22)23/h2-14,16,21,26H,15,17H2,1H3,(H,27,28)/t21-/m0/s1. The molecule has 0 aliphatic rings. The lowest BCUT2D eigenvalue weighted by Gasteiger charge is -2.18. The summed E-state index contributed by atoms with van der Waals surface area (Å²) in [6.45, 7) is 2.47. The number of fused-ring (bicyclic) bond motifs is 1. The molecular formula is C25H24N2O2. The molecule has 146 valence electrons. The zero-order chi connectivity index (χ0) is 20.1. The van der Waals surface area contributed by atoms with Crippen LogP contribution in [0.2, 0.25) is 0 Å². The molecule has 1 heterocycles. The van der Waals surface area contributed by atoms with Crippen LogP contribution in [0, 0.1) is 6.92 Å². The van der Waals surface area contributed by atoms with E-state index < -0.39 is 0 Å². The molecule has 3 aromatic carbocycles. The average Bonchev–Trinajstić information content (AvgIpc) is 3.18. The van der Waals surface area contributed by atoms with Crippen LogP contribution in [-0.4, -0.2) is 24.0 Å². The molecule has 1 aromatic heterocycles. The Morgan fingerprint density at radius 1 is 0.966 bits per heavy atom. The van der Waals surface area contributed by atoms with Gasteiger partial charge in [-0.05, 0) is 35.7 Å². The molecule has 0 radical (unpaired) electrons. The van der Waals surface area contributed by atoms with Crippen molar-refractivity contribution in [3.05, 3.63) is 102 Å². The number of para-hydroxylation sites is 2. The molecule has 0 saturated heterocycles. The molecule has 0 saturated carbocycles. The molecule has 0 aliphatic heterocycles. The average molecular weight is 384 g/mol. The normalized spacial score (nSPS) is 11.9. The van der Waals surface area contributed by atoms with E-state index in [-0.39, 0.29) is 18.4 Å². The van der Waals surface area contributed by atoms with Gasteiger partial charge >= 0.3 is 0 Å². The Morgan fingerprint density at radius 3 is 2.52 bits per heavy atom. The van der Waals surface area contributed by atoms with Crippen LogP contribution in [0.25, 0.3) is 10.9 Å². The summed E-state index contributed by atoms with van der Waals surface area (Å²) < 4.78 is 5.68. The summed E-state index contributed by atoms with van der Waals surface area (Å²) in [6, 6.07) is 26.2. The Balaban J connectivity index is 1.49. The van der Waals surface area contributed by atoms with Gasteiger partial charge in [0.05, 0.1) is 0 Å². The zero-order valence-electron chi connectivity index (χ0n) is 16.4. The second-order valence-corrected chi connectivity index (χ2v) is 7.11. The Morgan fingerprint density at radius 2 is 1.69 bits per heavy atom. The number of aromatic amines is 1. The first kappa shape index (κ1) is 18.8. The molecule has 4 nitrogen and oxygen atoms in total. The number of benzene rings is 3. The number of hydrogen-bond acceptors (Lipinski definition) is 2. The summed E-state index contributed by atoms with van der Waals surface area (Å²) in [5, 5.41) is 4.22. The SMILES string of the molecule is Cc1ccccc1OCC(=O)NC[C@@H](c1ccccc1)c1c[nH]c2ccccc12. The molecule has 4 aromatic rings. The van der Waals surface area contributed by atoms with Crippen LogP contribution in [0.1, 0.15) is 22.6 Å². The summed E-state index contributed by atoms with van der Waals surface area (Å²) in [6.07, 6.45) is 2.04. The highest BCUT2D eigenvalue weighted by atomic mass is 16.5. The number of ether oxygens (including phenoxy) is 1. The molecule has 29 heavy (non-hydrogen) atoms. The van der Waals surface area contributed by atoms with Crippen molar-refractivity contribution < 1.29 is 9.53 Å². The number of hydrogen-bond donors (Lipinski definition) is 2. The number of rotatable bonds is 7. The molecule has 4 heteroatoms. The second-order valence-electron chi connectivity index (χ2n) is 7.11. The largest absolute Gasteiger partial charge is 0.484 e. The number of amides is 1. The highest BCUT2D eigenvalue weighted by Crippen LogP contribution is 2.30. The molecular weight excluding hydrogens is 360 g/mol. The van der Waals surface area contributed by atoms with Gasteiger partial charge in [0.1, 0.15) is 5.75 Å². The third kappa shape index (κ3) is 4.32. The fourth-order valence-corrected chi connectivity index (χ4v) is 3.60. The quantitative estimate of drug-likeness (QED) is 0.481. The van der Waals surface area contributed by atoms with Crippen molar-refractivity contribution in [1.29, 1.82) is 0 Å². The molecule has 0 fully saturated rings. The van der Waals surface area contributed by atoms with E-state index in [9.17, 15) is 4.79 Å². The summed E-state index contributed by atoms with van der Waals surface area (Å²) in [7, 11) is 0. The minimum absolute atomic E-state index is 0.000246. The molecule has 0 spiro atoms. The van der Waals surface area contributed by atoms with Crippen LogP contribution < -0.4 is 10.1 Å². The Bertz CT molecular complexity index is 1100. The fraction of sp³-hybridized carbons (Fsp3) is 0.160. The highest BCUT2D eigenvalue weighted by Gasteiger charge is 2.19. The smallest absolute Gasteiger partial charge is 0.257 e. The van der Waals surface area contributed by atoms with Gasteiger partial charge in [-0.3, -0.25) is 4.79 Å². The Kier molecular flexibility index (Phi) is 5.61. The molecule has 1 amide bonds. The van der Waals surface area contributed by atoms with Crippen molar-refractivity contribution in [2.24, 2.45) is 0 Å². The number of nitrogens with one attached hydrogen (secondary N) is 2. The lowest BCUT2D eigenvalue weighted by Crippen LogP contribution is -2.32. The first-order chi connectivity index (χ1) is 14.2. The first-order valence-corrected chi connectivity index (χ1v) is 9.78. The van der Waals surface area contributed by atoms with Gasteiger partial charge < -0.3 is 15.0 Å². The van der Waals surface area contributed by atoms with E-state index >= 15 is 0 Å². The van der Waals surface area contributed by atoms with E-state index in [0.29, 0.717) is 6.54 Å². The lowest BCUT2D eigenvalue weighted by molar-refractivity contribution is -0.123. The Hall–Kier alpha value is -3.53. The summed E-state index contributed by atoms with van der Waals surface area (Å²) in [4.78, 5) is 15.8. The van der Waals surface area contributed by atoms with Gasteiger partial charge in [-0.2, -0.15) is 0 Å². The van der Waals surface area contributed by atoms with Crippen molar-refractivity contribution in [2.75, 3.05) is 13.2 Å². The molecule has 1 atom stereocenters. The highest BCUT2D eigenvalue weighted by molar-refractivity contribution is 5.84. The topological polar surface area (TPSA) is 54.1 Å². The van der Waals surface area contributed by atoms with Gasteiger partial charge in [0.15, 0.2) is 6.61 Å². The van der Waals surface area contributed by atoms with Crippen LogP contribution in [0.4, 0.5) is 0 Å². The predicted molar refractivity (Wildman–Crippen MR) is 116 cm³/mol. The van der Waals surface area contributed by atoms with Crippen molar-refractivity contribution >= 4 is 16.8 Å². The van der Waals surface area contributed by atoms with E-state index in [1.807, 2.05) is 67.7 Å². The van der Waals surface area contributed by atoms with E-state index in [1.165, 1.54) is 10.9 Å². The minimum Gasteiger partial charge on any atom is -0.484 e. The van der Waals surface area contributed by atoms with E-state index in [4.69, 9.17) is 4.74 Å². The van der Waals surface area contributed by atoms with E-state index in [2.05, 4.69) is 34.6 Å². The zero-order valence-corrected chi connectivity index (χ0v) is 16.4. The first-order valence-electron chi connectivity index (χ1n) is 9.78. The third-order valence-electron chi connectivity index (χ3n) is 5.15. The predicted octanol–water partition coefficient (Wildman–Crippen LogP) is 4.80. The van der Waals surface area contributed by atoms with Gasteiger partial charge in [0, 0.05) is 29.6 Å². The number of carbonyl (C=O) groups excluding carboxylic acids is 1. The Labute approximate surface area is 170 Å². The van der Waals surface area contributed by atoms with Gasteiger partial charge in [-0.25, -0.2) is 0 Å². The van der Waals surface area contributed by atoms with Gasteiger partial charge in [0.25, 0.3) is 5.91 Å². The third-order valence-corrected chi connectivity index (χ3v) is 5.15. The number of H-pyrrole nitrogens is 1. The summed E-state index contributed by atoms with van der Waals surface area (Å²) in [5.41, 5.74) is 4.45. The lowest BCUT2D eigenvalue weighted by atomic mass is 9.91. The molecule has 0 bridgehead atoms. The second kappa shape index (κ2) is 8.65. The van der Waals surface area contributed by atoms with Crippen LogP contribution in [0.5, 0.6) is 5.75 Å². The molecule has 0 aliphatic carbocycles. The summed E-state index contributed by atoms with van der Waals surface area (Å²) >= 11 is 0.